The van der Waals surface area contributed by atoms with Gasteiger partial charge in [-0.1, -0.05) is 0 Å². The van der Waals surface area contributed by atoms with E-state index in [1.165, 1.54) is 0 Å². The Labute approximate surface area is 112 Å². The van der Waals surface area contributed by atoms with Gasteiger partial charge in [0.2, 0.25) is 5.92 Å². The molecule has 1 unspecified atom stereocenters. The summed E-state index contributed by atoms with van der Waals surface area (Å²) in [5.74, 6) is -3.50. The first-order chi connectivity index (χ1) is 9.10. The molecule has 108 valence electrons. The second kappa shape index (κ2) is 7.89. The van der Waals surface area contributed by atoms with Crippen molar-refractivity contribution in [2.45, 2.75) is 26.7 Å². The highest BCUT2D eigenvalue weighted by molar-refractivity contribution is 6.15. The zero-order chi connectivity index (χ0) is 14.3. The molecule has 0 aromatic rings. The van der Waals surface area contributed by atoms with E-state index in [1.807, 2.05) is 0 Å². The SMILES string of the molecule is CCOC(=O)C(C(=O)CC1CCOC1)C(=O)OCC. The molecule has 0 radical (unpaired) electrons. The average molecular weight is 272 g/mol. The molecular formula is C13H20O6. The van der Waals surface area contributed by atoms with Crippen molar-refractivity contribution in [1.82, 2.24) is 0 Å². The third-order valence-corrected chi connectivity index (χ3v) is 2.88. The Morgan fingerprint density at radius 1 is 1.16 bits per heavy atom. The van der Waals surface area contributed by atoms with Gasteiger partial charge in [-0.05, 0) is 26.2 Å². The highest BCUT2D eigenvalue weighted by Gasteiger charge is 2.37. The zero-order valence-electron chi connectivity index (χ0n) is 11.3. The molecule has 1 atom stereocenters. The Bertz CT molecular complexity index is 314. The Balaban J connectivity index is 2.67. The molecule has 6 heteroatoms. The van der Waals surface area contributed by atoms with Crippen molar-refractivity contribution >= 4 is 17.7 Å². The molecule has 6 nitrogen and oxygen atoms in total. The van der Waals surface area contributed by atoms with E-state index in [9.17, 15) is 14.4 Å². The minimum atomic E-state index is -1.46. The third-order valence-electron chi connectivity index (χ3n) is 2.88. The van der Waals surface area contributed by atoms with Crippen LogP contribution in [0.3, 0.4) is 0 Å². The minimum Gasteiger partial charge on any atom is -0.465 e. The molecule has 1 rings (SSSR count). The van der Waals surface area contributed by atoms with Crippen molar-refractivity contribution in [3.8, 4) is 0 Å². The summed E-state index contributed by atoms with van der Waals surface area (Å²) in [6.45, 7) is 4.58. The number of esters is 2. The largest absolute Gasteiger partial charge is 0.465 e. The van der Waals surface area contributed by atoms with Gasteiger partial charge in [-0.3, -0.25) is 14.4 Å². The Morgan fingerprint density at radius 2 is 1.74 bits per heavy atom. The second-order valence-electron chi connectivity index (χ2n) is 4.34. The molecule has 0 aromatic carbocycles. The maximum Gasteiger partial charge on any atom is 0.328 e. The molecule has 1 aliphatic heterocycles. The fourth-order valence-corrected chi connectivity index (χ4v) is 1.96. The fourth-order valence-electron chi connectivity index (χ4n) is 1.96. The predicted molar refractivity (Wildman–Crippen MR) is 65.3 cm³/mol. The summed E-state index contributed by atoms with van der Waals surface area (Å²) < 4.78 is 14.7. The molecule has 0 spiro atoms. The van der Waals surface area contributed by atoms with Crippen LogP contribution < -0.4 is 0 Å². The van der Waals surface area contributed by atoms with Gasteiger partial charge in [-0.25, -0.2) is 0 Å². The Kier molecular flexibility index (Phi) is 6.49. The van der Waals surface area contributed by atoms with Crippen LogP contribution in [0.4, 0.5) is 0 Å². The van der Waals surface area contributed by atoms with Crippen LogP contribution in [0.2, 0.25) is 0 Å². The third kappa shape index (κ3) is 4.63. The number of ether oxygens (including phenoxy) is 3. The average Bonchev–Trinajstić information content (AvgIpc) is 2.82. The molecule has 0 aliphatic carbocycles. The molecule has 1 aliphatic rings. The number of hydrogen-bond acceptors (Lipinski definition) is 6. The van der Waals surface area contributed by atoms with E-state index < -0.39 is 23.6 Å². The Hall–Kier alpha value is -1.43. The summed E-state index contributed by atoms with van der Waals surface area (Å²) in [5, 5.41) is 0. The highest BCUT2D eigenvalue weighted by Crippen LogP contribution is 2.20. The maximum atomic E-state index is 12.1. The first-order valence-corrected chi connectivity index (χ1v) is 6.53. The number of carbonyl (C=O) groups excluding carboxylic acids is 3. The van der Waals surface area contributed by atoms with Gasteiger partial charge in [0.1, 0.15) is 0 Å². The first kappa shape index (κ1) is 15.6. The molecule has 0 amide bonds. The van der Waals surface area contributed by atoms with Crippen molar-refractivity contribution in [3.05, 3.63) is 0 Å². The lowest BCUT2D eigenvalue weighted by molar-refractivity contribution is -0.164. The molecular weight excluding hydrogens is 252 g/mol. The van der Waals surface area contributed by atoms with Crippen LogP contribution >= 0.6 is 0 Å². The summed E-state index contributed by atoms with van der Waals surface area (Å²) in [4.78, 5) is 35.5. The number of Topliss-reactive ketones (excluding diaryl/α,β-unsaturated/α-hetero) is 1. The molecule has 1 saturated heterocycles. The van der Waals surface area contributed by atoms with Crippen molar-refractivity contribution < 1.29 is 28.6 Å². The van der Waals surface area contributed by atoms with Crippen molar-refractivity contribution in [2.75, 3.05) is 26.4 Å². The van der Waals surface area contributed by atoms with Gasteiger partial charge in [0.15, 0.2) is 5.78 Å². The summed E-state index contributed by atoms with van der Waals surface area (Å²) in [6.07, 6.45) is 0.909. The van der Waals surface area contributed by atoms with Crippen LogP contribution in [-0.2, 0) is 28.6 Å². The number of ketones is 1. The molecule has 1 fully saturated rings. The van der Waals surface area contributed by atoms with Crippen molar-refractivity contribution in [2.24, 2.45) is 11.8 Å². The summed E-state index contributed by atoms with van der Waals surface area (Å²) in [7, 11) is 0. The predicted octanol–water partition coefficient (Wildman–Crippen LogP) is 0.724. The van der Waals surface area contributed by atoms with E-state index in [0.29, 0.717) is 13.2 Å². The van der Waals surface area contributed by atoms with Crippen LogP contribution in [-0.4, -0.2) is 44.1 Å². The van der Waals surface area contributed by atoms with E-state index in [0.717, 1.165) is 6.42 Å². The topological polar surface area (TPSA) is 78.9 Å². The minimum absolute atomic E-state index is 0.0684. The van der Waals surface area contributed by atoms with E-state index in [4.69, 9.17) is 14.2 Å². The quantitative estimate of drug-likeness (QED) is 0.502. The van der Waals surface area contributed by atoms with Crippen LogP contribution in [0.1, 0.15) is 26.7 Å². The lowest BCUT2D eigenvalue weighted by Crippen LogP contribution is -2.35. The van der Waals surface area contributed by atoms with Crippen LogP contribution in [0.25, 0.3) is 0 Å². The van der Waals surface area contributed by atoms with Gasteiger partial charge in [0.05, 0.1) is 13.2 Å². The Morgan fingerprint density at radius 3 is 2.16 bits per heavy atom. The van der Waals surface area contributed by atoms with E-state index >= 15 is 0 Å². The molecule has 0 saturated carbocycles. The lowest BCUT2D eigenvalue weighted by atomic mass is 9.94. The maximum absolute atomic E-state index is 12.1. The van der Waals surface area contributed by atoms with Crippen LogP contribution in [0, 0.1) is 11.8 Å². The fraction of sp³-hybridized carbons (Fsp3) is 0.769. The van der Waals surface area contributed by atoms with E-state index in [2.05, 4.69) is 0 Å². The molecule has 0 aromatic heterocycles. The summed E-state index contributed by atoms with van der Waals surface area (Å²) in [6, 6.07) is 0. The summed E-state index contributed by atoms with van der Waals surface area (Å²) >= 11 is 0. The van der Waals surface area contributed by atoms with Gasteiger partial charge in [-0.2, -0.15) is 0 Å². The van der Waals surface area contributed by atoms with E-state index in [-0.39, 0.29) is 25.6 Å². The number of rotatable bonds is 7. The summed E-state index contributed by atoms with van der Waals surface area (Å²) in [5.41, 5.74) is 0. The smallest absolute Gasteiger partial charge is 0.328 e. The van der Waals surface area contributed by atoms with E-state index in [1.54, 1.807) is 13.8 Å². The van der Waals surface area contributed by atoms with Crippen LogP contribution in [0.5, 0.6) is 0 Å². The van der Waals surface area contributed by atoms with Gasteiger partial charge in [-0.15, -0.1) is 0 Å². The molecule has 1 heterocycles. The van der Waals surface area contributed by atoms with Gasteiger partial charge in [0.25, 0.3) is 0 Å². The lowest BCUT2D eigenvalue weighted by Gasteiger charge is -2.15. The van der Waals surface area contributed by atoms with Gasteiger partial charge in [0, 0.05) is 19.6 Å². The van der Waals surface area contributed by atoms with Crippen LogP contribution in [0.15, 0.2) is 0 Å². The standard InChI is InChI=1S/C13H20O6/c1-3-18-12(15)11(13(16)19-4-2)10(14)7-9-5-6-17-8-9/h9,11H,3-8H2,1-2H3. The highest BCUT2D eigenvalue weighted by atomic mass is 16.6. The second-order valence-corrected chi connectivity index (χ2v) is 4.34. The van der Waals surface area contributed by atoms with Gasteiger partial charge < -0.3 is 14.2 Å². The number of carbonyl (C=O) groups is 3. The van der Waals surface area contributed by atoms with Gasteiger partial charge >= 0.3 is 11.9 Å². The van der Waals surface area contributed by atoms with Crippen molar-refractivity contribution in [1.29, 1.82) is 0 Å². The van der Waals surface area contributed by atoms with Crippen molar-refractivity contribution in [3.63, 3.8) is 0 Å². The molecule has 19 heavy (non-hydrogen) atoms. The normalized spacial score (nSPS) is 18.4. The first-order valence-electron chi connectivity index (χ1n) is 6.53. The monoisotopic (exact) mass is 272 g/mol. The zero-order valence-corrected chi connectivity index (χ0v) is 11.3. The molecule has 0 bridgehead atoms. The molecule has 0 N–H and O–H groups in total. The number of hydrogen-bond donors (Lipinski definition) is 0.